The molecular formula is C14H21NO3S. The Balaban J connectivity index is 2.36. The number of hydrogen-bond acceptors (Lipinski definition) is 3. The van der Waals surface area contributed by atoms with Gasteiger partial charge in [-0.2, -0.15) is 4.31 Å². The molecule has 0 bridgehead atoms. The number of hydrogen-bond donors (Lipinski definition) is 1. The summed E-state index contributed by atoms with van der Waals surface area (Å²) in [4.78, 5) is 0.321. The van der Waals surface area contributed by atoms with Crippen LogP contribution in [-0.2, 0) is 16.6 Å². The van der Waals surface area contributed by atoms with Crippen LogP contribution >= 0.6 is 0 Å². The number of rotatable bonds is 6. The molecule has 1 N–H and O–H groups in total. The van der Waals surface area contributed by atoms with Gasteiger partial charge in [-0.15, -0.1) is 0 Å². The second kappa shape index (κ2) is 5.61. The van der Waals surface area contributed by atoms with Gasteiger partial charge in [-0.05, 0) is 42.9 Å². The standard InChI is InChI=1S/C14H21NO3S/c1-3-15(9-12-7-8-12)19(17,18)14-6-4-5-13(10-16)11(14)2/h4-6,12,16H,3,7-10H2,1-2H3. The molecule has 0 aromatic heterocycles. The zero-order valence-corrected chi connectivity index (χ0v) is 12.3. The summed E-state index contributed by atoms with van der Waals surface area (Å²) < 4.78 is 26.9. The van der Waals surface area contributed by atoms with Gasteiger partial charge in [0.15, 0.2) is 0 Å². The van der Waals surface area contributed by atoms with Gasteiger partial charge in [0.05, 0.1) is 11.5 Å². The van der Waals surface area contributed by atoms with Gasteiger partial charge in [0.1, 0.15) is 0 Å². The average molecular weight is 283 g/mol. The number of aliphatic hydroxyl groups is 1. The summed E-state index contributed by atoms with van der Waals surface area (Å²) in [6, 6.07) is 5.07. The first-order chi connectivity index (χ1) is 9.00. The van der Waals surface area contributed by atoms with Crippen molar-refractivity contribution in [2.75, 3.05) is 13.1 Å². The van der Waals surface area contributed by atoms with Crippen molar-refractivity contribution < 1.29 is 13.5 Å². The molecule has 1 aromatic carbocycles. The van der Waals surface area contributed by atoms with E-state index in [1.165, 1.54) is 0 Å². The maximum absolute atomic E-state index is 12.7. The third-order valence-electron chi connectivity index (χ3n) is 3.70. The fourth-order valence-electron chi connectivity index (χ4n) is 2.24. The number of nitrogens with zero attached hydrogens (tertiary/aromatic N) is 1. The molecule has 19 heavy (non-hydrogen) atoms. The van der Waals surface area contributed by atoms with Crippen LogP contribution in [0.5, 0.6) is 0 Å². The molecule has 1 aliphatic rings. The zero-order chi connectivity index (χ0) is 14.0. The molecule has 5 heteroatoms. The second-order valence-electron chi connectivity index (χ2n) is 5.10. The van der Waals surface area contributed by atoms with Gasteiger partial charge in [-0.25, -0.2) is 8.42 Å². The normalized spacial score (nSPS) is 16.0. The van der Waals surface area contributed by atoms with E-state index in [0.29, 0.717) is 35.0 Å². The molecule has 106 valence electrons. The van der Waals surface area contributed by atoms with Crippen LogP contribution in [0.3, 0.4) is 0 Å². The summed E-state index contributed by atoms with van der Waals surface area (Å²) in [5.74, 6) is 0.524. The minimum absolute atomic E-state index is 0.135. The number of benzene rings is 1. The van der Waals surface area contributed by atoms with Gasteiger partial charge in [-0.1, -0.05) is 19.1 Å². The third-order valence-corrected chi connectivity index (χ3v) is 5.78. The lowest BCUT2D eigenvalue weighted by Gasteiger charge is -2.22. The molecule has 0 atom stereocenters. The highest BCUT2D eigenvalue weighted by Gasteiger charge is 2.31. The van der Waals surface area contributed by atoms with Crippen molar-refractivity contribution in [1.82, 2.24) is 4.31 Å². The van der Waals surface area contributed by atoms with Crippen molar-refractivity contribution in [3.8, 4) is 0 Å². The van der Waals surface area contributed by atoms with Gasteiger partial charge in [0, 0.05) is 13.1 Å². The van der Waals surface area contributed by atoms with Crippen LogP contribution in [0.2, 0.25) is 0 Å². The predicted octanol–water partition coefficient (Wildman–Crippen LogP) is 1.91. The van der Waals surface area contributed by atoms with E-state index in [0.717, 1.165) is 12.8 Å². The average Bonchev–Trinajstić information content (AvgIpc) is 3.19. The van der Waals surface area contributed by atoms with E-state index in [9.17, 15) is 13.5 Å². The summed E-state index contributed by atoms with van der Waals surface area (Å²) >= 11 is 0. The monoisotopic (exact) mass is 283 g/mol. The molecule has 1 aromatic rings. The van der Waals surface area contributed by atoms with E-state index in [1.54, 1.807) is 29.4 Å². The Kier molecular flexibility index (Phi) is 4.28. The van der Waals surface area contributed by atoms with Crippen LogP contribution in [0.1, 0.15) is 30.9 Å². The first-order valence-corrected chi connectivity index (χ1v) is 8.14. The summed E-state index contributed by atoms with van der Waals surface area (Å²) in [5.41, 5.74) is 1.32. The Hall–Kier alpha value is -0.910. The Morgan fingerprint density at radius 3 is 2.58 bits per heavy atom. The van der Waals surface area contributed by atoms with Crippen molar-refractivity contribution >= 4 is 10.0 Å². The molecule has 4 nitrogen and oxygen atoms in total. The largest absolute Gasteiger partial charge is 0.392 e. The van der Waals surface area contributed by atoms with Crippen molar-refractivity contribution in [2.45, 2.75) is 38.2 Å². The summed E-state index contributed by atoms with van der Waals surface area (Å²) in [5, 5.41) is 9.25. The Labute approximate surface area is 115 Å². The maximum atomic E-state index is 12.7. The molecular weight excluding hydrogens is 262 g/mol. The minimum Gasteiger partial charge on any atom is -0.392 e. The first-order valence-electron chi connectivity index (χ1n) is 6.70. The molecule has 1 saturated carbocycles. The van der Waals surface area contributed by atoms with E-state index >= 15 is 0 Å². The van der Waals surface area contributed by atoms with Crippen LogP contribution < -0.4 is 0 Å². The molecule has 1 fully saturated rings. The van der Waals surface area contributed by atoms with Crippen LogP contribution in [-0.4, -0.2) is 30.9 Å². The van der Waals surface area contributed by atoms with Gasteiger partial charge in [0.25, 0.3) is 0 Å². The molecule has 0 saturated heterocycles. The Morgan fingerprint density at radius 2 is 2.05 bits per heavy atom. The molecule has 0 heterocycles. The summed E-state index contributed by atoms with van der Waals surface area (Å²) in [6.07, 6.45) is 2.25. The van der Waals surface area contributed by atoms with Gasteiger partial charge in [-0.3, -0.25) is 0 Å². The van der Waals surface area contributed by atoms with Crippen LogP contribution in [0.4, 0.5) is 0 Å². The highest BCUT2D eigenvalue weighted by molar-refractivity contribution is 7.89. The minimum atomic E-state index is -3.45. The molecule has 0 aliphatic heterocycles. The SMILES string of the molecule is CCN(CC1CC1)S(=O)(=O)c1cccc(CO)c1C. The van der Waals surface area contributed by atoms with E-state index in [2.05, 4.69) is 0 Å². The van der Waals surface area contributed by atoms with Crippen molar-refractivity contribution in [3.63, 3.8) is 0 Å². The number of aliphatic hydroxyl groups excluding tert-OH is 1. The smallest absolute Gasteiger partial charge is 0.243 e. The van der Waals surface area contributed by atoms with Gasteiger partial charge in [0.2, 0.25) is 10.0 Å². The molecule has 2 rings (SSSR count). The Morgan fingerprint density at radius 1 is 1.37 bits per heavy atom. The topological polar surface area (TPSA) is 57.6 Å². The Bertz CT molecular complexity index is 550. The fourth-order valence-corrected chi connectivity index (χ4v) is 4.03. The van der Waals surface area contributed by atoms with E-state index in [4.69, 9.17) is 0 Å². The third kappa shape index (κ3) is 2.99. The zero-order valence-electron chi connectivity index (χ0n) is 11.5. The molecule has 1 aliphatic carbocycles. The molecule has 0 radical (unpaired) electrons. The number of sulfonamides is 1. The van der Waals surface area contributed by atoms with E-state index < -0.39 is 10.0 Å². The summed E-state index contributed by atoms with van der Waals surface area (Å²) in [7, 11) is -3.45. The fraction of sp³-hybridized carbons (Fsp3) is 0.571. The quantitative estimate of drug-likeness (QED) is 0.867. The van der Waals surface area contributed by atoms with E-state index in [1.807, 2.05) is 6.92 Å². The summed E-state index contributed by atoms with van der Waals surface area (Å²) in [6.45, 7) is 4.59. The lowest BCUT2D eigenvalue weighted by molar-refractivity contribution is 0.280. The predicted molar refractivity (Wildman–Crippen MR) is 74.3 cm³/mol. The molecule has 0 amide bonds. The second-order valence-corrected chi connectivity index (χ2v) is 7.00. The maximum Gasteiger partial charge on any atom is 0.243 e. The molecule has 0 unspecified atom stereocenters. The van der Waals surface area contributed by atoms with Gasteiger partial charge < -0.3 is 5.11 Å². The highest BCUT2D eigenvalue weighted by atomic mass is 32.2. The van der Waals surface area contributed by atoms with E-state index in [-0.39, 0.29) is 6.61 Å². The van der Waals surface area contributed by atoms with Crippen molar-refractivity contribution in [1.29, 1.82) is 0 Å². The lowest BCUT2D eigenvalue weighted by Crippen LogP contribution is -2.33. The van der Waals surface area contributed by atoms with Crippen molar-refractivity contribution in [3.05, 3.63) is 29.3 Å². The lowest BCUT2D eigenvalue weighted by atomic mass is 10.1. The van der Waals surface area contributed by atoms with Gasteiger partial charge >= 0.3 is 0 Å². The highest BCUT2D eigenvalue weighted by Crippen LogP contribution is 2.32. The van der Waals surface area contributed by atoms with Crippen LogP contribution in [0.15, 0.2) is 23.1 Å². The van der Waals surface area contributed by atoms with Crippen molar-refractivity contribution in [2.24, 2.45) is 5.92 Å². The first kappa shape index (κ1) is 14.5. The van der Waals surface area contributed by atoms with Crippen LogP contribution in [0, 0.1) is 12.8 Å². The van der Waals surface area contributed by atoms with Crippen LogP contribution in [0.25, 0.3) is 0 Å². The molecule has 0 spiro atoms.